The minimum absolute atomic E-state index is 0.329. The Balaban J connectivity index is 0. The number of ether oxygens (including phenoxy) is 1. The average Bonchev–Trinajstić information content (AvgIpc) is 2.36. The molecular formula is C18H37NO2. The van der Waals surface area contributed by atoms with E-state index >= 15 is 0 Å². The van der Waals surface area contributed by atoms with Crippen molar-refractivity contribution in [1.82, 2.24) is 0 Å². The van der Waals surface area contributed by atoms with Crippen LogP contribution in [0, 0.1) is 5.41 Å². The van der Waals surface area contributed by atoms with Crippen molar-refractivity contribution in [3.05, 3.63) is 12.8 Å². The van der Waals surface area contributed by atoms with Crippen molar-refractivity contribution in [2.24, 2.45) is 11.1 Å². The first-order chi connectivity index (χ1) is 9.83. The van der Waals surface area contributed by atoms with Crippen LogP contribution in [0.25, 0.3) is 0 Å². The lowest BCUT2D eigenvalue weighted by molar-refractivity contribution is -0.135. The van der Waals surface area contributed by atoms with Gasteiger partial charge in [-0.15, -0.1) is 0 Å². The van der Waals surface area contributed by atoms with Crippen LogP contribution in [-0.2, 0) is 9.53 Å². The molecule has 0 bridgehead atoms. The van der Waals surface area contributed by atoms with Crippen LogP contribution in [0.5, 0.6) is 0 Å². The number of rotatable bonds is 10. The van der Waals surface area contributed by atoms with Crippen molar-refractivity contribution in [2.75, 3.05) is 6.54 Å². The van der Waals surface area contributed by atoms with Gasteiger partial charge >= 0.3 is 5.97 Å². The van der Waals surface area contributed by atoms with E-state index in [0.717, 1.165) is 12.8 Å². The van der Waals surface area contributed by atoms with Gasteiger partial charge in [0.05, 0.1) is 6.26 Å². The van der Waals surface area contributed by atoms with E-state index in [1.54, 1.807) is 0 Å². The summed E-state index contributed by atoms with van der Waals surface area (Å²) in [5.41, 5.74) is 5.98. The van der Waals surface area contributed by atoms with Gasteiger partial charge in [-0.3, -0.25) is 4.79 Å². The third kappa shape index (κ3) is 28.1. The average molecular weight is 299 g/mol. The van der Waals surface area contributed by atoms with Crippen molar-refractivity contribution in [3.63, 3.8) is 0 Å². The van der Waals surface area contributed by atoms with E-state index in [0.29, 0.717) is 5.41 Å². The molecule has 21 heavy (non-hydrogen) atoms. The molecule has 0 aliphatic rings. The summed E-state index contributed by atoms with van der Waals surface area (Å²) in [5, 5.41) is 0. The Morgan fingerprint density at radius 2 is 1.43 bits per heavy atom. The van der Waals surface area contributed by atoms with Crippen molar-refractivity contribution < 1.29 is 9.53 Å². The van der Waals surface area contributed by atoms with Crippen LogP contribution in [0.15, 0.2) is 12.8 Å². The fourth-order valence-corrected chi connectivity index (χ4v) is 1.98. The van der Waals surface area contributed by atoms with Gasteiger partial charge in [-0.25, -0.2) is 0 Å². The normalized spacial score (nSPS) is 10.5. The molecule has 126 valence electrons. The van der Waals surface area contributed by atoms with Crippen LogP contribution < -0.4 is 5.73 Å². The Labute approximate surface area is 132 Å². The number of carbonyl (C=O) groups excluding carboxylic acids is 1. The van der Waals surface area contributed by atoms with Gasteiger partial charge in [-0.05, 0) is 24.8 Å². The van der Waals surface area contributed by atoms with E-state index in [-0.39, 0.29) is 5.97 Å². The highest BCUT2D eigenvalue weighted by Crippen LogP contribution is 2.22. The second-order valence-electron chi connectivity index (χ2n) is 6.70. The number of nitrogens with two attached hydrogens (primary N) is 1. The maximum atomic E-state index is 9.75. The minimum Gasteiger partial charge on any atom is -0.435 e. The summed E-state index contributed by atoms with van der Waals surface area (Å²) in [6, 6.07) is 0. The lowest BCUT2D eigenvalue weighted by atomic mass is 9.89. The van der Waals surface area contributed by atoms with Crippen molar-refractivity contribution in [3.8, 4) is 0 Å². The molecule has 0 radical (unpaired) electrons. The van der Waals surface area contributed by atoms with Gasteiger partial charge in [0.1, 0.15) is 0 Å². The largest absolute Gasteiger partial charge is 0.435 e. The van der Waals surface area contributed by atoms with E-state index in [2.05, 4.69) is 32.1 Å². The molecule has 0 aliphatic heterocycles. The van der Waals surface area contributed by atoms with Crippen LogP contribution in [0.3, 0.4) is 0 Å². The van der Waals surface area contributed by atoms with E-state index in [1.807, 2.05) is 0 Å². The SMILES string of the molecule is C=COC(C)=O.CC(C)(C)CCCCCCCCCCN. The number of carbonyl (C=O) groups is 1. The van der Waals surface area contributed by atoms with Gasteiger partial charge in [-0.1, -0.05) is 72.3 Å². The highest BCUT2D eigenvalue weighted by Gasteiger charge is 2.08. The van der Waals surface area contributed by atoms with Crippen molar-refractivity contribution in [1.29, 1.82) is 0 Å². The van der Waals surface area contributed by atoms with Gasteiger partial charge in [-0.2, -0.15) is 0 Å². The second-order valence-corrected chi connectivity index (χ2v) is 6.70. The molecule has 0 fully saturated rings. The summed E-state index contributed by atoms with van der Waals surface area (Å²) in [4.78, 5) is 9.75. The maximum absolute atomic E-state index is 9.75. The molecule has 2 N–H and O–H groups in total. The van der Waals surface area contributed by atoms with Gasteiger partial charge in [0.25, 0.3) is 0 Å². The van der Waals surface area contributed by atoms with Gasteiger partial charge in [0.2, 0.25) is 0 Å². The molecule has 0 heterocycles. The van der Waals surface area contributed by atoms with E-state index < -0.39 is 0 Å². The molecule has 0 atom stereocenters. The topological polar surface area (TPSA) is 52.3 Å². The summed E-state index contributed by atoms with van der Waals surface area (Å²) in [5.74, 6) is -0.329. The first-order valence-electron chi connectivity index (χ1n) is 8.31. The van der Waals surface area contributed by atoms with Gasteiger partial charge < -0.3 is 10.5 Å². The molecule has 0 amide bonds. The Morgan fingerprint density at radius 1 is 1.00 bits per heavy atom. The second kappa shape index (κ2) is 15.6. The monoisotopic (exact) mass is 299 g/mol. The third-order valence-electron chi connectivity index (χ3n) is 3.13. The zero-order valence-electron chi connectivity index (χ0n) is 14.7. The highest BCUT2D eigenvalue weighted by molar-refractivity contribution is 5.66. The standard InChI is InChI=1S/C14H31N.C4H6O2/c1-14(2,3)12-10-8-6-4-5-7-9-11-13-15;1-3-6-4(2)5/h4-13,15H2,1-3H3;3H,1H2,2H3. The minimum atomic E-state index is -0.329. The number of hydrogen-bond acceptors (Lipinski definition) is 3. The van der Waals surface area contributed by atoms with E-state index in [4.69, 9.17) is 5.73 Å². The summed E-state index contributed by atoms with van der Waals surface area (Å²) in [6.45, 7) is 12.3. The van der Waals surface area contributed by atoms with Crippen LogP contribution in [-0.4, -0.2) is 12.5 Å². The van der Waals surface area contributed by atoms with Crippen LogP contribution in [0.1, 0.15) is 85.5 Å². The quantitative estimate of drug-likeness (QED) is 0.343. The molecule has 0 aromatic rings. The molecule has 0 unspecified atom stereocenters. The zero-order valence-corrected chi connectivity index (χ0v) is 14.7. The third-order valence-corrected chi connectivity index (χ3v) is 3.13. The zero-order chi connectivity index (χ0) is 16.6. The summed E-state index contributed by atoms with van der Waals surface area (Å²) in [6.07, 6.45) is 13.5. The lowest BCUT2D eigenvalue weighted by Gasteiger charge is -2.17. The molecule has 0 saturated carbocycles. The molecule has 3 heteroatoms. The summed E-state index contributed by atoms with van der Waals surface area (Å²) in [7, 11) is 0. The molecule has 0 rings (SSSR count). The highest BCUT2D eigenvalue weighted by atomic mass is 16.5. The maximum Gasteiger partial charge on any atom is 0.307 e. The number of unbranched alkanes of at least 4 members (excludes halogenated alkanes) is 7. The fraction of sp³-hybridized carbons (Fsp3) is 0.833. The van der Waals surface area contributed by atoms with Crippen molar-refractivity contribution in [2.45, 2.75) is 85.5 Å². The molecule has 3 nitrogen and oxygen atoms in total. The molecular weight excluding hydrogens is 262 g/mol. The molecule has 0 spiro atoms. The van der Waals surface area contributed by atoms with E-state index in [1.165, 1.54) is 64.7 Å². The Morgan fingerprint density at radius 3 is 1.71 bits per heavy atom. The predicted molar refractivity (Wildman–Crippen MR) is 92.0 cm³/mol. The van der Waals surface area contributed by atoms with Crippen LogP contribution >= 0.6 is 0 Å². The first kappa shape index (κ1) is 22.5. The number of hydrogen-bond donors (Lipinski definition) is 1. The summed E-state index contributed by atoms with van der Waals surface area (Å²) >= 11 is 0. The van der Waals surface area contributed by atoms with Crippen LogP contribution in [0.2, 0.25) is 0 Å². The Kier molecular flexibility index (Phi) is 16.6. The number of esters is 1. The van der Waals surface area contributed by atoms with Gasteiger partial charge in [0, 0.05) is 6.92 Å². The molecule has 0 aliphatic carbocycles. The first-order valence-corrected chi connectivity index (χ1v) is 8.31. The Hall–Kier alpha value is -0.830. The molecule has 0 aromatic heterocycles. The molecule has 0 aromatic carbocycles. The smallest absolute Gasteiger partial charge is 0.307 e. The van der Waals surface area contributed by atoms with Crippen LogP contribution in [0.4, 0.5) is 0 Å². The Bertz CT molecular complexity index is 244. The van der Waals surface area contributed by atoms with E-state index in [9.17, 15) is 4.79 Å². The van der Waals surface area contributed by atoms with Gasteiger partial charge in [0.15, 0.2) is 0 Å². The lowest BCUT2D eigenvalue weighted by Crippen LogP contribution is -2.03. The summed E-state index contributed by atoms with van der Waals surface area (Å²) < 4.78 is 4.17. The molecule has 0 saturated heterocycles. The van der Waals surface area contributed by atoms with Crippen molar-refractivity contribution >= 4 is 5.97 Å². The predicted octanol–water partition coefficient (Wildman–Crippen LogP) is 5.20. The fourth-order valence-electron chi connectivity index (χ4n) is 1.98.